The third-order valence-corrected chi connectivity index (χ3v) is 11.5. The summed E-state index contributed by atoms with van der Waals surface area (Å²) in [7, 11) is 0. The summed E-state index contributed by atoms with van der Waals surface area (Å²) >= 11 is 0. The molecule has 0 radical (unpaired) electrons. The summed E-state index contributed by atoms with van der Waals surface area (Å²) in [4.78, 5) is 0. The van der Waals surface area contributed by atoms with Crippen LogP contribution in [-0.4, -0.2) is 0 Å². The second-order valence-corrected chi connectivity index (χ2v) is 14.4. The molecule has 0 saturated carbocycles. The Morgan fingerprint density at radius 1 is 0.333 bits per heavy atom. The molecule has 1 heteroatoms. The normalized spacial score (nSPS) is 13.0. The Kier molecular flexibility index (Phi) is 6.84. The largest absolute Gasteiger partial charge is 0.456 e. The Hall–Kier alpha value is -6.96. The molecule has 11 rings (SSSR count). The number of fused-ring (bicyclic) bond motifs is 6. The number of furan rings is 1. The quantitative estimate of drug-likeness (QED) is 0.164. The monoisotopic (exact) mass is 686 g/mol. The maximum absolute atomic E-state index is 6.67. The second kappa shape index (κ2) is 12.0. The van der Waals surface area contributed by atoms with Crippen molar-refractivity contribution < 1.29 is 4.42 Å². The van der Waals surface area contributed by atoms with Gasteiger partial charge in [-0.05, 0) is 101 Å². The number of hydrogen-bond donors (Lipinski definition) is 0. The zero-order valence-corrected chi connectivity index (χ0v) is 29.5. The van der Waals surface area contributed by atoms with Crippen LogP contribution in [0.3, 0.4) is 0 Å². The Bertz CT molecular complexity index is 2930. The summed E-state index contributed by atoms with van der Waals surface area (Å²) in [6, 6.07) is 75.0. The molecule has 1 aliphatic rings. The van der Waals surface area contributed by atoms with E-state index < -0.39 is 5.41 Å². The average molecular weight is 687 g/mol. The predicted molar refractivity (Wildman–Crippen MR) is 225 cm³/mol. The first kappa shape index (κ1) is 30.6. The summed E-state index contributed by atoms with van der Waals surface area (Å²) in [5.74, 6) is 0.869. The van der Waals surface area contributed by atoms with Crippen LogP contribution < -0.4 is 0 Å². The fourth-order valence-electron chi connectivity index (χ4n) is 9.30. The Balaban J connectivity index is 1.08. The van der Waals surface area contributed by atoms with E-state index in [1.165, 1.54) is 77.2 Å². The fourth-order valence-corrected chi connectivity index (χ4v) is 9.30. The van der Waals surface area contributed by atoms with Crippen molar-refractivity contribution >= 4 is 32.5 Å². The van der Waals surface area contributed by atoms with E-state index in [9.17, 15) is 0 Å². The van der Waals surface area contributed by atoms with Crippen LogP contribution in [0.1, 0.15) is 22.3 Å². The molecule has 0 aliphatic heterocycles. The Morgan fingerprint density at radius 2 is 0.833 bits per heavy atom. The van der Waals surface area contributed by atoms with E-state index in [2.05, 4.69) is 206 Å². The first-order valence-corrected chi connectivity index (χ1v) is 18.7. The smallest absolute Gasteiger partial charge is 0.135 e. The van der Waals surface area contributed by atoms with Crippen molar-refractivity contribution in [1.29, 1.82) is 0 Å². The first-order valence-electron chi connectivity index (χ1n) is 18.7. The SMILES string of the molecule is c1ccc(-c2c3ccccc3c(-c3ccc4oc(-c5ccc6c(c5)-c5ccccc5C6(c5ccccc5)c5ccccc5)cc4c3)c3ccccc23)cc1. The van der Waals surface area contributed by atoms with Gasteiger partial charge in [0.25, 0.3) is 0 Å². The molecule has 1 aliphatic carbocycles. The van der Waals surface area contributed by atoms with Crippen molar-refractivity contribution in [3.05, 3.63) is 229 Å². The molecule has 1 heterocycles. The van der Waals surface area contributed by atoms with E-state index in [1.807, 2.05) is 0 Å². The molecule has 10 aromatic rings. The van der Waals surface area contributed by atoms with Gasteiger partial charge in [-0.25, -0.2) is 0 Å². The number of hydrogen-bond acceptors (Lipinski definition) is 1. The van der Waals surface area contributed by atoms with Crippen LogP contribution in [0.5, 0.6) is 0 Å². The molecule has 0 N–H and O–H groups in total. The molecule has 9 aromatic carbocycles. The minimum atomic E-state index is -0.419. The van der Waals surface area contributed by atoms with Gasteiger partial charge >= 0.3 is 0 Å². The minimum absolute atomic E-state index is 0.419. The molecule has 252 valence electrons. The van der Waals surface area contributed by atoms with E-state index in [0.29, 0.717) is 0 Å². The van der Waals surface area contributed by atoms with Crippen LogP contribution in [0.4, 0.5) is 0 Å². The van der Waals surface area contributed by atoms with Gasteiger partial charge in [0.1, 0.15) is 11.3 Å². The number of benzene rings is 9. The molecule has 1 nitrogen and oxygen atoms in total. The lowest BCUT2D eigenvalue weighted by atomic mass is 9.67. The highest BCUT2D eigenvalue weighted by molar-refractivity contribution is 6.21. The maximum atomic E-state index is 6.67. The summed E-state index contributed by atoms with van der Waals surface area (Å²) in [5.41, 5.74) is 14.1. The molecular weight excluding hydrogens is 653 g/mol. The van der Waals surface area contributed by atoms with E-state index in [1.54, 1.807) is 0 Å². The third kappa shape index (κ3) is 4.45. The van der Waals surface area contributed by atoms with E-state index >= 15 is 0 Å². The van der Waals surface area contributed by atoms with Crippen LogP contribution in [0.25, 0.3) is 77.2 Å². The van der Waals surface area contributed by atoms with E-state index in [0.717, 1.165) is 22.3 Å². The Morgan fingerprint density at radius 3 is 1.46 bits per heavy atom. The first-order chi connectivity index (χ1) is 26.8. The lowest BCUT2D eigenvalue weighted by Crippen LogP contribution is -2.28. The summed E-state index contributed by atoms with van der Waals surface area (Å²) in [6.07, 6.45) is 0. The zero-order chi connectivity index (χ0) is 35.6. The molecule has 1 aromatic heterocycles. The van der Waals surface area contributed by atoms with Gasteiger partial charge in [-0.15, -0.1) is 0 Å². The zero-order valence-electron chi connectivity index (χ0n) is 29.5. The van der Waals surface area contributed by atoms with Crippen LogP contribution >= 0.6 is 0 Å². The summed E-state index contributed by atoms with van der Waals surface area (Å²) in [5, 5.41) is 6.09. The van der Waals surface area contributed by atoms with Crippen LogP contribution in [-0.2, 0) is 5.41 Å². The van der Waals surface area contributed by atoms with Crippen molar-refractivity contribution in [2.45, 2.75) is 5.41 Å². The van der Waals surface area contributed by atoms with Crippen molar-refractivity contribution in [1.82, 2.24) is 0 Å². The van der Waals surface area contributed by atoms with Crippen LogP contribution in [0, 0.1) is 0 Å². The average Bonchev–Trinajstić information content (AvgIpc) is 3.81. The number of rotatable bonds is 5. The molecule has 54 heavy (non-hydrogen) atoms. The molecule has 0 saturated heterocycles. The molecular formula is C53H34O. The van der Waals surface area contributed by atoms with Crippen molar-refractivity contribution in [3.8, 4) is 44.7 Å². The van der Waals surface area contributed by atoms with Crippen molar-refractivity contribution in [2.24, 2.45) is 0 Å². The highest BCUT2D eigenvalue weighted by Crippen LogP contribution is 2.56. The van der Waals surface area contributed by atoms with Gasteiger partial charge in [0.15, 0.2) is 0 Å². The predicted octanol–water partition coefficient (Wildman–Crippen LogP) is 14.1. The van der Waals surface area contributed by atoms with Gasteiger partial charge in [-0.2, -0.15) is 0 Å². The highest BCUT2D eigenvalue weighted by Gasteiger charge is 2.46. The third-order valence-electron chi connectivity index (χ3n) is 11.5. The van der Waals surface area contributed by atoms with Gasteiger partial charge in [-0.3, -0.25) is 0 Å². The van der Waals surface area contributed by atoms with Gasteiger partial charge in [-0.1, -0.05) is 182 Å². The lowest BCUT2D eigenvalue weighted by molar-refractivity contribution is 0.631. The fraction of sp³-hybridized carbons (Fsp3) is 0.0189. The summed E-state index contributed by atoms with van der Waals surface area (Å²) < 4.78 is 6.67. The molecule has 0 bridgehead atoms. The molecule has 0 atom stereocenters. The van der Waals surface area contributed by atoms with Gasteiger partial charge in [0.2, 0.25) is 0 Å². The molecule has 0 amide bonds. The Labute approximate surface area is 314 Å². The van der Waals surface area contributed by atoms with E-state index in [-0.39, 0.29) is 0 Å². The lowest BCUT2D eigenvalue weighted by Gasteiger charge is -2.33. The van der Waals surface area contributed by atoms with Crippen molar-refractivity contribution in [2.75, 3.05) is 0 Å². The van der Waals surface area contributed by atoms with Gasteiger partial charge < -0.3 is 4.42 Å². The van der Waals surface area contributed by atoms with Crippen molar-refractivity contribution in [3.63, 3.8) is 0 Å². The molecule has 0 unspecified atom stereocenters. The topological polar surface area (TPSA) is 13.1 Å². The molecule has 0 fully saturated rings. The standard InChI is InChI=1S/C53H34O/c1-4-16-35(17-5-1)51-42-23-10-12-25-44(42)52(45-26-13-11-24-43(45)51)37-29-31-49-38(32-37)34-50(54-49)36-28-30-48-46(33-36)41-22-14-15-27-47(41)53(48,39-18-6-2-7-19-39)40-20-8-3-9-21-40/h1-34H. The molecule has 0 spiro atoms. The van der Waals surface area contributed by atoms with Crippen LogP contribution in [0.2, 0.25) is 0 Å². The maximum Gasteiger partial charge on any atom is 0.135 e. The van der Waals surface area contributed by atoms with Gasteiger partial charge in [0.05, 0.1) is 5.41 Å². The van der Waals surface area contributed by atoms with Crippen LogP contribution in [0.15, 0.2) is 211 Å². The second-order valence-electron chi connectivity index (χ2n) is 14.4. The highest BCUT2D eigenvalue weighted by atomic mass is 16.3. The minimum Gasteiger partial charge on any atom is -0.456 e. The summed E-state index contributed by atoms with van der Waals surface area (Å²) in [6.45, 7) is 0. The van der Waals surface area contributed by atoms with E-state index in [4.69, 9.17) is 4.42 Å². The van der Waals surface area contributed by atoms with Gasteiger partial charge in [0, 0.05) is 10.9 Å².